The number of anilines is 2. The molecule has 0 aliphatic carbocycles. The average molecular weight is 428 g/mol. The summed E-state index contributed by atoms with van der Waals surface area (Å²) in [6, 6.07) is 22.4. The zero-order valence-electron chi connectivity index (χ0n) is 17.2. The Morgan fingerprint density at radius 3 is 1.97 bits per heavy atom. The van der Waals surface area contributed by atoms with Crippen molar-refractivity contribution in [3.05, 3.63) is 95.6 Å². The zero-order chi connectivity index (χ0) is 22.4. The predicted molar refractivity (Wildman–Crippen MR) is 115 cm³/mol. The first-order valence-electron chi connectivity index (χ1n) is 9.65. The minimum atomic E-state index is -4.61. The quantitative estimate of drug-likeness (QED) is 0.539. The molecule has 1 N–H and O–H groups in total. The average Bonchev–Trinajstić information content (AvgIpc) is 2.75. The highest BCUT2D eigenvalue weighted by molar-refractivity contribution is 5.93. The fourth-order valence-electron chi connectivity index (χ4n) is 3.14. The van der Waals surface area contributed by atoms with Crippen LogP contribution in [0, 0.1) is 0 Å². The number of rotatable bonds is 7. The fourth-order valence-corrected chi connectivity index (χ4v) is 3.14. The van der Waals surface area contributed by atoms with E-state index in [9.17, 15) is 18.0 Å². The van der Waals surface area contributed by atoms with Gasteiger partial charge in [0.2, 0.25) is 5.91 Å². The van der Waals surface area contributed by atoms with E-state index in [1.165, 1.54) is 12.1 Å². The Kier molecular flexibility index (Phi) is 6.97. The number of amides is 1. The van der Waals surface area contributed by atoms with Gasteiger partial charge >= 0.3 is 6.18 Å². The SMILES string of the molecule is CN(C)c1ccc(NC(=O)COC(c2ccccc2)c2ccccc2)c(C(F)(F)F)c1. The normalized spacial score (nSPS) is 11.4. The molecule has 0 saturated carbocycles. The van der Waals surface area contributed by atoms with Gasteiger partial charge in [0.25, 0.3) is 0 Å². The van der Waals surface area contributed by atoms with Crippen LogP contribution in [-0.2, 0) is 15.7 Å². The van der Waals surface area contributed by atoms with Crippen LogP contribution >= 0.6 is 0 Å². The van der Waals surface area contributed by atoms with Crippen LogP contribution in [0.25, 0.3) is 0 Å². The molecular weight excluding hydrogens is 405 g/mol. The van der Waals surface area contributed by atoms with Crippen molar-refractivity contribution in [1.82, 2.24) is 0 Å². The molecule has 7 heteroatoms. The van der Waals surface area contributed by atoms with E-state index in [1.807, 2.05) is 60.7 Å². The Bertz CT molecular complexity index is 967. The summed E-state index contributed by atoms with van der Waals surface area (Å²) >= 11 is 0. The summed E-state index contributed by atoms with van der Waals surface area (Å²) in [6.45, 7) is -0.402. The molecule has 1 amide bonds. The molecule has 0 unspecified atom stereocenters. The Balaban J connectivity index is 1.77. The second-order valence-corrected chi connectivity index (χ2v) is 7.18. The van der Waals surface area contributed by atoms with Crippen molar-refractivity contribution in [2.45, 2.75) is 12.3 Å². The van der Waals surface area contributed by atoms with Crippen LogP contribution < -0.4 is 10.2 Å². The predicted octanol–water partition coefficient (Wildman–Crippen LogP) is 5.52. The summed E-state index contributed by atoms with van der Waals surface area (Å²) in [5, 5.41) is 2.34. The van der Waals surface area contributed by atoms with Crippen molar-refractivity contribution in [2.24, 2.45) is 0 Å². The Labute approximate surface area is 179 Å². The number of carbonyl (C=O) groups excluding carboxylic acids is 1. The fraction of sp³-hybridized carbons (Fsp3) is 0.208. The van der Waals surface area contributed by atoms with Gasteiger partial charge in [-0.15, -0.1) is 0 Å². The van der Waals surface area contributed by atoms with Gasteiger partial charge in [0.15, 0.2) is 0 Å². The second kappa shape index (κ2) is 9.66. The summed E-state index contributed by atoms with van der Waals surface area (Å²) in [6.07, 6.45) is -5.13. The first-order chi connectivity index (χ1) is 14.8. The van der Waals surface area contributed by atoms with Gasteiger partial charge in [-0.25, -0.2) is 0 Å². The highest BCUT2D eigenvalue weighted by Crippen LogP contribution is 2.37. The smallest absolute Gasteiger partial charge is 0.378 e. The Morgan fingerprint density at radius 2 is 1.48 bits per heavy atom. The lowest BCUT2D eigenvalue weighted by molar-refractivity contribution is -0.137. The topological polar surface area (TPSA) is 41.6 Å². The molecule has 0 aromatic heterocycles. The van der Waals surface area contributed by atoms with Gasteiger partial charge in [-0.1, -0.05) is 60.7 Å². The maximum atomic E-state index is 13.5. The van der Waals surface area contributed by atoms with E-state index in [0.29, 0.717) is 5.69 Å². The third-order valence-electron chi connectivity index (χ3n) is 4.68. The van der Waals surface area contributed by atoms with Crippen molar-refractivity contribution >= 4 is 17.3 Å². The maximum Gasteiger partial charge on any atom is 0.418 e. The zero-order valence-corrected chi connectivity index (χ0v) is 17.2. The largest absolute Gasteiger partial charge is 0.418 e. The number of halogens is 3. The maximum absolute atomic E-state index is 13.5. The number of carbonyl (C=O) groups is 1. The summed E-state index contributed by atoms with van der Waals surface area (Å²) in [4.78, 5) is 14.0. The van der Waals surface area contributed by atoms with Crippen molar-refractivity contribution in [3.63, 3.8) is 0 Å². The van der Waals surface area contributed by atoms with Crippen molar-refractivity contribution in [1.29, 1.82) is 0 Å². The molecule has 0 heterocycles. The molecule has 31 heavy (non-hydrogen) atoms. The third-order valence-corrected chi connectivity index (χ3v) is 4.68. The van der Waals surface area contributed by atoms with Gasteiger partial charge in [0.05, 0.1) is 11.3 Å². The van der Waals surface area contributed by atoms with E-state index in [2.05, 4.69) is 5.32 Å². The number of nitrogens with zero attached hydrogens (tertiary/aromatic N) is 1. The Hall–Kier alpha value is -3.32. The molecule has 0 aliphatic rings. The van der Waals surface area contributed by atoms with E-state index in [4.69, 9.17) is 4.74 Å². The summed E-state index contributed by atoms with van der Waals surface area (Å²) in [5.74, 6) is -0.667. The van der Waals surface area contributed by atoms with Crippen LogP contribution in [0.1, 0.15) is 22.8 Å². The first kappa shape index (κ1) is 22.4. The molecule has 0 fully saturated rings. The number of ether oxygens (including phenoxy) is 1. The second-order valence-electron chi connectivity index (χ2n) is 7.18. The third kappa shape index (κ3) is 5.86. The van der Waals surface area contributed by atoms with E-state index in [-0.39, 0.29) is 5.69 Å². The minimum absolute atomic E-state index is 0.303. The minimum Gasteiger partial charge on any atom is -0.378 e. The molecule has 3 aromatic carbocycles. The molecular formula is C24H23F3N2O2. The number of alkyl halides is 3. The molecule has 162 valence electrons. The monoisotopic (exact) mass is 428 g/mol. The van der Waals surface area contributed by atoms with E-state index >= 15 is 0 Å². The van der Waals surface area contributed by atoms with Crippen molar-refractivity contribution in [2.75, 3.05) is 30.9 Å². The summed E-state index contributed by atoms with van der Waals surface area (Å²) < 4.78 is 46.3. The van der Waals surface area contributed by atoms with Crippen molar-refractivity contribution < 1.29 is 22.7 Å². The summed E-state index contributed by atoms with van der Waals surface area (Å²) in [7, 11) is 3.30. The van der Waals surface area contributed by atoms with E-state index in [1.54, 1.807) is 19.0 Å². The molecule has 0 atom stereocenters. The Morgan fingerprint density at radius 1 is 0.935 bits per heavy atom. The van der Waals surface area contributed by atoms with Crippen LogP contribution in [-0.4, -0.2) is 26.6 Å². The molecule has 4 nitrogen and oxygen atoms in total. The van der Waals surface area contributed by atoms with Gasteiger partial charge in [-0.05, 0) is 29.3 Å². The lowest BCUT2D eigenvalue weighted by Gasteiger charge is -2.20. The molecule has 3 aromatic rings. The van der Waals surface area contributed by atoms with Gasteiger partial charge in [0.1, 0.15) is 12.7 Å². The highest BCUT2D eigenvalue weighted by atomic mass is 19.4. The standard InChI is InChI=1S/C24H23F3N2O2/c1-29(2)19-13-14-21(20(15-19)24(25,26)27)28-22(30)16-31-23(17-9-5-3-6-10-17)18-11-7-4-8-12-18/h3-15,23H,16H2,1-2H3,(H,28,30). The number of hydrogen-bond acceptors (Lipinski definition) is 3. The first-order valence-corrected chi connectivity index (χ1v) is 9.65. The molecule has 0 spiro atoms. The molecule has 0 saturated heterocycles. The van der Waals surface area contributed by atoms with Gasteiger partial charge < -0.3 is 15.0 Å². The molecule has 3 rings (SSSR count). The number of hydrogen-bond donors (Lipinski definition) is 1. The van der Waals surface area contributed by atoms with Crippen LogP contribution in [0.2, 0.25) is 0 Å². The van der Waals surface area contributed by atoms with Crippen LogP contribution in [0.3, 0.4) is 0 Å². The highest BCUT2D eigenvalue weighted by Gasteiger charge is 2.34. The van der Waals surface area contributed by atoms with E-state index in [0.717, 1.165) is 17.2 Å². The number of nitrogens with one attached hydrogen (secondary N) is 1. The van der Waals surface area contributed by atoms with Crippen LogP contribution in [0.5, 0.6) is 0 Å². The van der Waals surface area contributed by atoms with E-state index < -0.39 is 30.4 Å². The van der Waals surface area contributed by atoms with Crippen molar-refractivity contribution in [3.8, 4) is 0 Å². The summed E-state index contributed by atoms with van der Waals surface area (Å²) in [5.41, 5.74) is 0.854. The van der Waals surface area contributed by atoms with Gasteiger partial charge in [-0.3, -0.25) is 4.79 Å². The van der Waals surface area contributed by atoms with Crippen LogP contribution in [0.4, 0.5) is 24.5 Å². The lowest BCUT2D eigenvalue weighted by Crippen LogP contribution is -2.23. The van der Waals surface area contributed by atoms with Gasteiger partial charge in [-0.2, -0.15) is 13.2 Å². The molecule has 0 aliphatic heterocycles. The number of benzene rings is 3. The molecule has 0 radical (unpaired) electrons. The molecule has 0 bridgehead atoms. The van der Waals surface area contributed by atoms with Gasteiger partial charge in [0, 0.05) is 19.8 Å². The lowest BCUT2D eigenvalue weighted by atomic mass is 10.0. The van der Waals surface area contributed by atoms with Crippen LogP contribution in [0.15, 0.2) is 78.9 Å².